The Morgan fingerprint density at radius 1 is 0.377 bits per heavy atom. The molecule has 5 heteroatoms. The molecule has 0 saturated heterocycles. The van der Waals surface area contributed by atoms with Gasteiger partial charge in [0, 0.05) is 43.7 Å². The highest BCUT2D eigenvalue weighted by atomic mass is 15.2. The molecule has 0 aliphatic heterocycles. The summed E-state index contributed by atoms with van der Waals surface area (Å²) in [6.07, 6.45) is 0. The second kappa shape index (κ2) is 9.75. The van der Waals surface area contributed by atoms with Gasteiger partial charge in [-0.15, -0.1) is 0 Å². The van der Waals surface area contributed by atoms with Crippen LogP contribution in [-0.4, -0.2) is 18.8 Å². The van der Waals surface area contributed by atoms with E-state index in [-0.39, 0.29) is 0 Å². The van der Waals surface area contributed by atoms with E-state index in [1.165, 1.54) is 48.6 Å². The quantitative estimate of drug-likeness (QED) is 0.187. The summed E-state index contributed by atoms with van der Waals surface area (Å²) in [6.45, 7) is 0. The van der Waals surface area contributed by atoms with Gasteiger partial charge in [0.05, 0.1) is 27.8 Å². The van der Waals surface area contributed by atoms with Crippen LogP contribution in [0.3, 0.4) is 0 Å². The van der Waals surface area contributed by atoms with Crippen molar-refractivity contribution in [3.05, 3.63) is 164 Å². The molecule has 13 rings (SSSR count). The van der Waals surface area contributed by atoms with E-state index in [4.69, 9.17) is 9.97 Å². The van der Waals surface area contributed by atoms with Crippen LogP contribution in [-0.2, 0) is 0 Å². The maximum absolute atomic E-state index is 5.75. The first-order valence-electron chi connectivity index (χ1n) is 18.1. The van der Waals surface area contributed by atoms with Crippen LogP contribution in [0.5, 0.6) is 0 Å². The first-order chi connectivity index (χ1) is 26.3. The fourth-order valence-electron chi connectivity index (χ4n) is 9.40. The van der Waals surface area contributed by atoms with Crippen molar-refractivity contribution >= 4 is 115 Å². The Balaban J connectivity index is 1.28. The smallest absolute Gasteiger partial charge is 0.165 e. The lowest BCUT2D eigenvalue weighted by atomic mass is 10.0. The fourth-order valence-corrected chi connectivity index (χ4v) is 9.40. The lowest BCUT2D eigenvalue weighted by Crippen LogP contribution is -2.11. The molecule has 5 heterocycles. The number of aromatic nitrogens is 4. The third-order valence-electron chi connectivity index (χ3n) is 11.5. The summed E-state index contributed by atoms with van der Waals surface area (Å²) in [7, 11) is 0. The standard InChI is InChI=1S/C48H27N5/c1-3-16-30(17-4-1)51(31-18-5-2-6-19-31)39-27-29-15-8-9-20-32(29)40-35-23-13-24-36-42-47(53(44(35)36)46(39)40)50-43-41-33-21-10-7-14-28(33)26-37-34-22-11-12-25-38(34)52(45(37)41)48(43)49-42/h1-27H. The normalized spacial score (nSPS) is 12.5. The zero-order valence-electron chi connectivity index (χ0n) is 28.3. The zero-order chi connectivity index (χ0) is 34.4. The highest BCUT2D eigenvalue weighted by Crippen LogP contribution is 2.49. The minimum atomic E-state index is 0.874. The van der Waals surface area contributed by atoms with Crippen LogP contribution in [0.1, 0.15) is 0 Å². The summed E-state index contributed by atoms with van der Waals surface area (Å²) in [5.74, 6) is 0. The Morgan fingerprint density at radius 2 is 0.943 bits per heavy atom. The Labute approximate surface area is 301 Å². The molecule has 0 spiro atoms. The molecule has 8 aromatic carbocycles. The zero-order valence-corrected chi connectivity index (χ0v) is 28.3. The Morgan fingerprint density at radius 3 is 1.70 bits per heavy atom. The van der Waals surface area contributed by atoms with Gasteiger partial charge in [-0.05, 0) is 64.0 Å². The number of fused-ring (bicyclic) bond motifs is 16. The fraction of sp³-hybridized carbons (Fsp3) is 0. The summed E-state index contributed by atoms with van der Waals surface area (Å²) >= 11 is 0. The van der Waals surface area contributed by atoms with Gasteiger partial charge in [-0.25, -0.2) is 9.97 Å². The third-order valence-corrected chi connectivity index (χ3v) is 11.5. The minimum Gasteiger partial charge on any atom is -0.308 e. The number of para-hydroxylation sites is 4. The molecule has 0 saturated carbocycles. The monoisotopic (exact) mass is 673 g/mol. The summed E-state index contributed by atoms with van der Waals surface area (Å²) in [5.41, 5.74) is 11.5. The van der Waals surface area contributed by atoms with Crippen LogP contribution in [0.15, 0.2) is 164 Å². The predicted octanol–water partition coefficient (Wildman–Crippen LogP) is 12.6. The molecule has 0 atom stereocenters. The summed E-state index contributed by atoms with van der Waals surface area (Å²) in [6, 6.07) is 58.9. The third kappa shape index (κ3) is 3.37. The highest BCUT2D eigenvalue weighted by Gasteiger charge is 2.28. The van der Waals surface area contributed by atoms with E-state index in [0.29, 0.717) is 0 Å². The van der Waals surface area contributed by atoms with Crippen molar-refractivity contribution in [2.45, 2.75) is 0 Å². The van der Waals surface area contributed by atoms with Crippen LogP contribution in [0.2, 0.25) is 0 Å². The van der Waals surface area contributed by atoms with Crippen molar-refractivity contribution in [1.82, 2.24) is 18.8 Å². The van der Waals surface area contributed by atoms with Gasteiger partial charge in [-0.1, -0.05) is 121 Å². The predicted molar refractivity (Wildman–Crippen MR) is 221 cm³/mol. The first kappa shape index (κ1) is 27.5. The first-order valence-corrected chi connectivity index (χ1v) is 18.1. The number of hydrogen-bond acceptors (Lipinski definition) is 3. The van der Waals surface area contributed by atoms with Gasteiger partial charge in [0.1, 0.15) is 11.0 Å². The molecule has 0 aliphatic carbocycles. The number of benzene rings is 8. The SMILES string of the molecule is c1ccc(N(c2ccccc2)c2cc3ccccc3c3c4cccc5c6nc7c(nc6n(c23)c54)c2c3ccccc3cc3c4ccccc4n7c32)cc1. The largest absolute Gasteiger partial charge is 0.308 e. The molecule has 0 bridgehead atoms. The van der Waals surface area contributed by atoms with Crippen molar-refractivity contribution < 1.29 is 0 Å². The van der Waals surface area contributed by atoms with Crippen molar-refractivity contribution in [2.24, 2.45) is 0 Å². The van der Waals surface area contributed by atoms with Gasteiger partial charge in [-0.2, -0.15) is 0 Å². The second-order valence-electron chi connectivity index (χ2n) is 14.2. The van der Waals surface area contributed by atoms with E-state index in [1.807, 2.05) is 0 Å². The molecule has 0 N–H and O–H groups in total. The molecule has 13 aromatic rings. The number of nitrogens with zero attached hydrogens (tertiary/aromatic N) is 5. The van der Waals surface area contributed by atoms with Gasteiger partial charge < -0.3 is 4.90 Å². The van der Waals surface area contributed by atoms with Crippen molar-refractivity contribution in [2.75, 3.05) is 4.90 Å². The molecular formula is C48H27N5. The summed E-state index contributed by atoms with van der Waals surface area (Å²) < 4.78 is 4.77. The average Bonchev–Trinajstić information content (AvgIpc) is 3.94. The van der Waals surface area contributed by atoms with E-state index in [1.54, 1.807) is 0 Å². The molecule has 53 heavy (non-hydrogen) atoms. The maximum Gasteiger partial charge on any atom is 0.165 e. The van der Waals surface area contributed by atoms with Crippen LogP contribution in [0.4, 0.5) is 17.1 Å². The van der Waals surface area contributed by atoms with Gasteiger partial charge in [0.25, 0.3) is 0 Å². The number of rotatable bonds is 3. The summed E-state index contributed by atoms with van der Waals surface area (Å²) in [5, 5.41) is 12.0. The van der Waals surface area contributed by atoms with Crippen LogP contribution in [0, 0.1) is 0 Å². The lowest BCUT2D eigenvalue weighted by Gasteiger charge is -2.27. The number of hydrogen-bond donors (Lipinski definition) is 0. The molecular weight excluding hydrogens is 647 g/mol. The lowest BCUT2D eigenvalue weighted by molar-refractivity contribution is 1.23. The van der Waals surface area contributed by atoms with Crippen LogP contribution < -0.4 is 4.90 Å². The Hall–Kier alpha value is -7.24. The molecule has 5 nitrogen and oxygen atoms in total. The van der Waals surface area contributed by atoms with Gasteiger partial charge >= 0.3 is 0 Å². The van der Waals surface area contributed by atoms with Gasteiger partial charge in [0.2, 0.25) is 0 Å². The van der Waals surface area contributed by atoms with Crippen LogP contribution >= 0.6 is 0 Å². The number of anilines is 3. The second-order valence-corrected chi connectivity index (χ2v) is 14.2. The van der Waals surface area contributed by atoms with Crippen molar-refractivity contribution in [3.8, 4) is 0 Å². The molecule has 0 fully saturated rings. The Bertz CT molecular complexity index is 3580. The molecule has 0 aliphatic rings. The molecule has 244 valence electrons. The van der Waals surface area contributed by atoms with Crippen LogP contribution in [0.25, 0.3) is 98.3 Å². The topological polar surface area (TPSA) is 37.8 Å². The average molecular weight is 674 g/mol. The van der Waals surface area contributed by atoms with Gasteiger partial charge in [0.15, 0.2) is 11.3 Å². The van der Waals surface area contributed by atoms with E-state index < -0.39 is 0 Å². The maximum atomic E-state index is 5.75. The summed E-state index contributed by atoms with van der Waals surface area (Å²) in [4.78, 5) is 13.8. The van der Waals surface area contributed by atoms with E-state index in [9.17, 15) is 0 Å². The molecule has 5 aromatic heterocycles. The van der Waals surface area contributed by atoms with E-state index >= 15 is 0 Å². The molecule has 0 radical (unpaired) electrons. The van der Waals surface area contributed by atoms with Crippen molar-refractivity contribution in [3.63, 3.8) is 0 Å². The van der Waals surface area contributed by atoms with Crippen molar-refractivity contribution in [1.29, 1.82) is 0 Å². The highest BCUT2D eigenvalue weighted by molar-refractivity contribution is 6.33. The minimum absolute atomic E-state index is 0.874. The van der Waals surface area contributed by atoms with Gasteiger partial charge in [-0.3, -0.25) is 8.80 Å². The molecule has 0 amide bonds. The molecule has 0 unspecified atom stereocenters. The Kier molecular flexibility index (Phi) is 5.06. The van der Waals surface area contributed by atoms with E-state index in [0.717, 1.165) is 66.7 Å². The van der Waals surface area contributed by atoms with E-state index in [2.05, 4.69) is 177 Å².